The molecular weight excluding hydrogens is 223 g/mol. The van der Waals surface area contributed by atoms with Crippen molar-refractivity contribution in [2.75, 3.05) is 13.7 Å². The molecule has 1 saturated heterocycles. The van der Waals surface area contributed by atoms with E-state index < -0.39 is 8.60 Å². The smallest absolute Gasteiger partial charge is 0.316 e. The minimum Gasteiger partial charge on any atom is -0.316 e. The Labute approximate surface area is 97.7 Å². The van der Waals surface area contributed by atoms with Gasteiger partial charge >= 0.3 is 8.60 Å². The van der Waals surface area contributed by atoms with Crippen LogP contribution in [0, 0.1) is 5.41 Å². The van der Waals surface area contributed by atoms with E-state index in [2.05, 4.69) is 26.0 Å². The summed E-state index contributed by atoms with van der Waals surface area (Å²) in [4.78, 5) is 0. The second-order valence-electron chi connectivity index (χ2n) is 4.56. The maximum Gasteiger partial charge on any atom is 0.333 e. The molecule has 4 heteroatoms. The highest BCUT2D eigenvalue weighted by molar-refractivity contribution is 7.41. The van der Waals surface area contributed by atoms with Gasteiger partial charge in [0.2, 0.25) is 0 Å². The first-order chi connectivity index (χ1) is 7.63. The summed E-state index contributed by atoms with van der Waals surface area (Å²) in [5.41, 5.74) is 1.15. The van der Waals surface area contributed by atoms with Crippen LogP contribution in [0.1, 0.15) is 25.5 Å². The minimum atomic E-state index is -1.19. The first-order valence-electron chi connectivity index (χ1n) is 5.32. The summed E-state index contributed by atoms with van der Waals surface area (Å²) in [5.74, 6) is 0. The lowest BCUT2D eigenvalue weighted by Gasteiger charge is -2.40. The summed E-state index contributed by atoms with van der Waals surface area (Å²) in [5, 5.41) is 0. The van der Waals surface area contributed by atoms with Gasteiger partial charge in [-0.1, -0.05) is 44.2 Å². The molecule has 3 nitrogen and oxygen atoms in total. The topological polar surface area (TPSA) is 27.7 Å². The van der Waals surface area contributed by atoms with E-state index in [9.17, 15) is 0 Å². The van der Waals surface area contributed by atoms with Crippen molar-refractivity contribution in [1.82, 2.24) is 0 Å². The van der Waals surface area contributed by atoms with E-state index in [-0.39, 0.29) is 11.5 Å². The maximum absolute atomic E-state index is 5.86. The zero-order valence-electron chi connectivity index (χ0n) is 9.84. The van der Waals surface area contributed by atoms with Crippen molar-refractivity contribution in [2.45, 2.75) is 20.0 Å². The van der Waals surface area contributed by atoms with Crippen molar-refractivity contribution in [2.24, 2.45) is 5.41 Å². The molecule has 0 amide bonds. The van der Waals surface area contributed by atoms with E-state index in [1.165, 1.54) is 5.56 Å². The molecule has 0 aromatic heterocycles. The Morgan fingerprint density at radius 1 is 1.31 bits per heavy atom. The van der Waals surface area contributed by atoms with Crippen molar-refractivity contribution in [3.8, 4) is 0 Å². The molecule has 0 unspecified atom stereocenters. The molecule has 0 saturated carbocycles. The average molecular weight is 240 g/mol. The molecule has 1 aromatic carbocycles. The number of rotatable bonds is 2. The van der Waals surface area contributed by atoms with Gasteiger partial charge in [0.15, 0.2) is 0 Å². The van der Waals surface area contributed by atoms with Gasteiger partial charge in [-0.25, -0.2) is 0 Å². The fourth-order valence-electron chi connectivity index (χ4n) is 1.79. The monoisotopic (exact) mass is 240 g/mol. The van der Waals surface area contributed by atoms with Gasteiger partial charge in [-0.2, -0.15) is 0 Å². The van der Waals surface area contributed by atoms with E-state index in [4.69, 9.17) is 13.6 Å². The molecule has 1 aromatic rings. The Hall–Kier alpha value is -0.470. The lowest BCUT2D eigenvalue weighted by molar-refractivity contribution is -0.0317. The second-order valence-corrected chi connectivity index (χ2v) is 5.85. The quantitative estimate of drug-likeness (QED) is 0.738. The Bertz CT molecular complexity index is 339. The Kier molecular flexibility index (Phi) is 3.60. The third-order valence-electron chi connectivity index (χ3n) is 2.69. The molecule has 2 rings (SSSR count). The normalized spacial score (nSPS) is 28.9. The predicted octanol–water partition coefficient (Wildman–Crippen LogP) is 3.67. The van der Waals surface area contributed by atoms with Crippen molar-refractivity contribution >= 4 is 8.60 Å². The summed E-state index contributed by atoms with van der Waals surface area (Å²) >= 11 is 0. The zero-order valence-corrected chi connectivity index (χ0v) is 10.7. The third-order valence-corrected chi connectivity index (χ3v) is 3.72. The van der Waals surface area contributed by atoms with E-state index in [1.54, 1.807) is 7.11 Å². The second kappa shape index (κ2) is 4.80. The van der Waals surface area contributed by atoms with Gasteiger partial charge in [0.25, 0.3) is 0 Å². The Morgan fingerprint density at radius 2 is 2.00 bits per heavy atom. The van der Waals surface area contributed by atoms with Crippen molar-refractivity contribution in [3.63, 3.8) is 0 Å². The third kappa shape index (κ3) is 2.44. The summed E-state index contributed by atoms with van der Waals surface area (Å²) in [6.07, 6.45) is 0.0357. The van der Waals surface area contributed by atoms with Crippen LogP contribution in [0.25, 0.3) is 0 Å². The van der Waals surface area contributed by atoms with Gasteiger partial charge in [0.05, 0.1) is 12.7 Å². The van der Waals surface area contributed by atoms with E-state index in [0.29, 0.717) is 6.61 Å². The minimum absolute atomic E-state index is 0.0291. The number of hydrogen-bond donors (Lipinski definition) is 0. The first-order valence-corrected chi connectivity index (χ1v) is 6.42. The van der Waals surface area contributed by atoms with Gasteiger partial charge in [0.1, 0.15) is 0 Å². The summed E-state index contributed by atoms with van der Waals surface area (Å²) in [7, 11) is 0.426. The van der Waals surface area contributed by atoms with Crippen LogP contribution < -0.4 is 0 Å². The zero-order chi connectivity index (χ0) is 11.6. The first kappa shape index (κ1) is 12.0. The van der Waals surface area contributed by atoms with Crippen LogP contribution in [0.2, 0.25) is 0 Å². The fourth-order valence-corrected chi connectivity index (χ4v) is 3.06. The summed E-state index contributed by atoms with van der Waals surface area (Å²) in [6.45, 7) is 4.95. The Morgan fingerprint density at radius 3 is 2.62 bits per heavy atom. The Balaban J connectivity index is 2.22. The van der Waals surface area contributed by atoms with Crippen molar-refractivity contribution in [1.29, 1.82) is 0 Å². The van der Waals surface area contributed by atoms with Crippen LogP contribution in [0.15, 0.2) is 30.3 Å². The van der Waals surface area contributed by atoms with Gasteiger partial charge < -0.3 is 13.6 Å². The summed E-state index contributed by atoms with van der Waals surface area (Å²) < 4.78 is 16.5. The van der Waals surface area contributed by atoms with E-state index in [1.807, 2.05) is 18.2 Å². The maximum atomic E-state index is 5.86. The van der Waals surface area contributed by atoms with Crippen molar-refractivity contribution < 1.29 is 13.6 Å². The highest BCUT2D eigenvalue weighted by atomic mass is 31.2. The van der Waals surface area contributed by atoms with Crippen LogP contribution in [0.4, 0.5) is 0 Å². The molecule has 1 aliphatic heterocycles. The average Bonchev–Trinajstić information content (AvgIpc) is 2.30. The van der Waals surface area contributed by atoms with E-state index >= 15 is 0 Å². The van der Waals surface area contributed by atoms with Crippen LogP contribution in [0.3, 0.4) is 0 Å². The van der Waals surface area contributed by atoms with Crippen LogP contribution >= 0.6 is 8.60 Å². The molecule has 16 heavy (non-hydrogen) atoms. The molecule has 0 spiro atoms. The molecule has 1 fully saturated rings. The predicted molar refractivity (Wildman–Crippen MR) is 63.9 cm³/mol. The SMILES string of the molecule is CO[P@]1OCC(C)(C)[C@H](c2ccccc2)O1. The summed E-state index contributed by atoms with van der Waals surface area (Å²) in [6, 6.07) is 10.2. The van der Waals surface area contributed by atoms with Gasteiger partial charge in [-0.3, -0.25) is 0 Å². The van der Waals surface area contributed by atoms with Gasteiger partial charge in [0, 0.05) is 12.5 Å². The van der Waals surface area contributed by atoms with E-state index in [0.717, 1.165) is 0 Å². The standard InChI is InChI=1S/C12H17O3P/c1-12(2)9-14-16(13-3)15-11(12)10-7-5-4-6-8-10/h4-8,11H,9H2,1-3H3/t11-,16+/m0/s1. The molecular formula is C12H17O3P. The largest absolute Gasteiger partial charge is 0.333 e. The van der Waals surface area contributed by atoms with Crippen LogP contribution in [0.5, 0.6) is 0 Å². The molecule has 1 heterocycles. The molecule has 2 atom stereocenters. The fraction of sp³-hybridized carbons (Fsp3) is 0.500. The van der Waals surface area contributed by atoms with Gasteiger partial charge in [-0.15, -0.1) is 0 Å². The van der Waals surface area contributed by atoms with Crippen molar-refractivity contribution in [3.05, 3.63) is 35.9 Å². The number of hydrogen-bond acceptors (Lipinski definition) is 3. The molecule has 0 N–H and O–H groups in total. The highest BCUT2D eigenvalue weighted by Gasteiger charge is 2.40. The molecule has 0 bridgehead atoms. The lowest BCUT2D eigenvalue weighted by Crippen LogP contribution is -2.32. The number of benzene rings is 1. The van der Waals surface area contributed by atoms with Crippen LogP contribution in [-0.2, 0) is 13.6 Å². The molecule has 1 aliphatic rings. The highest BCUT2D eigenvalue weighted by Crippen LogP contribution is 2.55. The molecule has 0 aliphatic carbocycles. The molecule has 0 radical (unpaired) electrons. The lowest BCUT2D eigenvalue weighted by atomic mass is 9.83. The van der Waals surface area contributed by atoms with Crippen LogP contribution in [-0.4, -0.2) is 13.7 Å². The molecule has 88 valence electrons. The van der Waals surface area contributed by atoms with Gasteiger partial charge in [-0.05, 0) is 5.56 Å².